The molecule has 1 aliphatic heterocycles. The van der Waals surface area contributed by atoms with Crippen LogP contribution in [0.4, 0.5) is 9.80 Å². The van der Waals surface area contributed by atoms with Gasteiger partial charge in [-0.15, -0.1) is 0 Å². The minimum atomic E-state index is -0.514. The summed E-state index contributed by atoms with van der Waals surface area (Å²) in [5.74, 6) is 1.83. The van der Waals surface area contributed by atoms with Crippen molar-refractivity contribution >= 4 is 33.5 Å². The Morgan fingerprint density at radius 3 is 2.82 bits per heavy atom. The van der Waals surface area contributed by atoms with E-state index in [0.717, 1.165) is 69.6 Å². The van der Waals surface area contributed by atoms with Gasteiger partial charge in [0.1, 0.15) is 28.2 Å². The molecule has 0 atom stereocenters. The van der Waals surface area contributed by atoms with Crippen LogP contribution in [0, 0.1) is 13.8 Å². The van der Waals surface area contributed by atoms with Crippen LogP contribution in [0.5, 0.6) is 5.75 Å². The maximum absolute atomic E-state index is 12.5. The molecule has 1 amide bonds. The predicted molar refractivity (Wildman–Crippen MR) is 133 cm³/mol. The number of imidazole rings is 1. The largest absolute Gasteiger partial charge is 0.496 e. The van der Waals surface area contributed by atoms with Crippen LogP contribution in [0.15, 0.2) is 36.4 Å². The number of benzene rings is 2. The summed E-state index contributed by atoms with van der Waals surface area (Å²) in [7, 11) is 3.75. The minimum Gasteiger partial charge on any atom is -0.496 e. The molecular formula is C25H27N5O3S. The Kier molecular flexibility index (Phi) is 5.97. The quantitative estimate of drug-likeness (QED) is 0.437. The summed E-state index contributed by atoms with van der Waals surface area (Å²) >= 11 is 1.40. The smallest absolute Gasteiger partial charge is 0.412 e. The van der Waals surface area contributed by atoms with Crippen molar-refractivity contribution in [2.45, 2.75) is 33.5 Å². The average Bonchev–Trinajstić information content (AvgIpc) is 3.36. The molecule has 0 saturated heterocycles. The van der Waals surface area contributed by atoms with E-state index < -0.39 is 6.09 Å². The third-order valence-electron chi connectivity index (χ3n) is 5.98. The van der Waals surface area contributed by atoms with E-state index in [-0.39, 0.29) is 6.61 Å². The molecule has 176 valence electrons. The molecule has 34 heavy (non-hydrogen) atoms. The van der Waals surface area contributed by atoms with E-state index in [0.29, 0.717) is 5.00 Å². The second kappa shape index (κ2) is 9.08. The van der Waals surface area contributed by atoms with Crippen molar-refractivity contribution < 1.29 is 14.3 Å². The number of likely N-dealkylation sites (N-methyl/N-ethyl adjacent to an activating group) is 1. The molecule has 0 spiro atoms. The number of hydrogen-bond acceptors (Lipinski definition) is 7. The summed E-state index contributed by atoms with van der Waals surface area (Å²) in [6.07, 6.45) is -0.514. The standard InChI is InChI=1S/C25H27N5O3S/c1-15-5-7-18(21(11-15)32-4)24-26-16(2)23(34-24)28-25(31)33-14-17-6-8-20-19(12-17)27-22-13-29(3)9-10-30(20)22/h5-8,11-12H,9-10,13-14H2,1-4H3,(H,28,31). The number of nitrogens with zero attached hydrogens (tertiary/aromatic N) is 4. The number of methoxy groups -OCH3 is 1. The van der Waals surface area contributed by atoms with Gasteiger partial charge in [0.15, 0.2) is 0 Å². The Bertz CT molecular complexity index is 1380. The molecule has 3 heterocycles. The molecule has 1 N–H and O–H groups in total. The summed E-state index contributed by atoms with van der Waals surface area (Å²) in [5, 5.41) is 4.27. The molecule has 1 aliphatic rings. The predicted octanol–water partition coefficient (Wildman–Crippen LogP) is 4.98. The number of nitrogens with one attached hydrogen (secondary N) is 1. The topological polar surface area (TPSA) is 81.5 Å². The average molecular weight is 478 g/mol. The van der Waals surface area contributed by atoms with Gasteiger partial charge in [0.25, 0.3) is 0 Å². The molecule has 0 bridgehead atoms. The number of aromatic nitrogens is 3. The maximum atomic E-state index is 12.5. The van der Waals surface area contributed by atoms with E-state index in [4.69, 9.17) is 14.5 Å². The Morgan fingerprint density at radius 2 is 2.00 bits per heavy atom. The van der Waals surface area contributed by atoms with E-state index in [1.54, 1.807) is 7.11 Å². The van der Waals surface area contributed by atoms with Gasteiger partial charge in [0.2, 0.25) is 0 Å². The zero-order valence-electron chi connectivity index (χ0n) is 19.7. The summed E-state index contributed by atoms with van der Waals surface area (Å²) < 4.78 is 13.3. The number of rotatable bonds is 5. The first-order valence-electron chi connectivity index (χ1n) is 11.1. The van der Waals surface area contributed by atoms with Crippen LogP contribution in [0.25, 0.3) is 21.6 Å². The van der Waals surface area contributed by atoms with Crippen LogP contribution < -0.4 is 10.1 Å². The number of hydrogen-bond donors (Lipinski definition) is 1. The van der Waals surface area contributed by atoms with Crippen molar-refractivity contribution in [1.29, 1.82) is 0 Å². The lowest BCUT2D eigenvalue weighted by atomic mass is 10.1. The molecule has 0 unspecified atom stereocenters. The van der Waals surface area contributed by atoms with Gasteiger partial charge in [-0.05, 0) is 56.3 Å². The van der Waals surface area contributed by atoms with Gasteiger partial charge in [-0.2, -0.15) is 0 Å². The van der Waals surface area contributed by atoms with Gasteiger partial charge in [0, 0.05) is 13.1 Å². The number of carbonyl (C=O) groups is 1. The zero-order valence-corrected chi connectivity index (χ0v) is 20.5. The van der Waals surface area contributed by atoms with Gasteiger partial charge in [-0.3, -0.25) is 10.2 Å². The monoisotopic (exact) mass is 477 g/mol. The number of carbonyl (C=O) groups excluding carboxylic acids is 1. The Labute approximate surface area is 202 Å². The molecule has 8 nitrogen and oxygen atoms in total. The first-order valence-corrected chi connectivity index (χ1v) is 12.0. The fourth-order valence-corrected chi connectivity index (χ4v) is 5.14. The third kappa shape index (κ3) is 4.36. The van der Waals surface area contributed by atoms with Crippen LogP contribution in [0.3, 0.4) is 0 Å². The fourth-order valence-electron chi connectivity index (χ4n) is 4.16. The van der Waals surface area contributed by atoms with E-state index >= 15 is 0 Å². The minimum absolute atomic E-state index is 0.167. The normalized spacial score (nSPS) is 13.6. The summed E-state index contributed by atoms with van der Waals surface area (Å²) in [4.78, 5) is 24.2. The van der Waals surface area contributed by atoms with Gasteiger partial charge < -0.3 is 14.0 Å². The molecule has 0 saturated carbocycles. The molecule has 4 aromatic rings. The molecule has 9 heteroatoms. The third-order valence-corrected chi connectivity index (χ3v) is 7.08. The van der Waals surface area contributed by atoms with Gasteiger partial charge >= 0.3 is 6.09 Å². The van der Waals surface area contributed by atoms with Crippen molar-refractivity contribution in [1.82, 2.24) is 19.4 Å². The lowest BCUT2D eigenvalue weighted by Crippen LogP contribution is -2.30. The SMILES string of the molecule is COc1cc(C)ccc1-c1nc(C)c(NC(=O)OCc2ccc3c(c2)nc2n3CCN(C)C2)s1. The van der Waals surface area contributed by atoms with E-state index in [2.05, 4.69) is 32.9 Å². The summed E-state index contributed by atoms with van der Waals surface area (Å²) in [5.41, 5.74) is 5.69. The van der Waals surface area contributed by atoms with Crippen LogP contribution in [-0.4, -0.2) is 46.2 Å². The van der Waals surface area contributed by atoms with Crippen LogP contribution >= 0.6 is 11.3 Å². The highest BCUT2D eigenvalue weighted by molar-refractivity contribution is 7.19. The van der Waals surface area contributed by atoms with E-state index in [1.165, 1.54) is 11.3 Å². The second-order valence-corrected chi connectivity index (χ2v) is 9.58. The summed E-state index contributed by atoms with van der Waals surface area (Å²) in [6, 6.07) is 12.0. The highest BCUT2D eigenvalue weighted by Gasteiger charge is 2.19. The first-order chi connectivity index (χ1) is 16.4. The van der Waals surface area contributed by atoms with E-state index in [9.17, 15) is 4.79 Å². The molecule has 5 rings (SSSR count). The lowest BCUT2D eigenvalue weighted by Gasteiger charge is -2.23. The Hall–Kier alpha value is -3.43. The second-order valence-electron chi connectivity index (χ2n) is 8.58. The van der Waals surface area contributed by atoms with Gasteiger partial charge in [0.05, 0.1) is 35.9 Å². The number of amides is 1. The van der Waals surface area contributed by atoms with Crippen molar-refractivity contribution in [2.75, 3.05) is 26.0 Å². The first kappa shape index (κ1) is 22.4. The summed E-state index contributed by atoms with van der Waals surface area (Å²) in [6.45, 7) is 6.83. The van der Waals surface area contributed by atoms with Crippen LogP contribution in [0.2, 0.25) is 0 Å². The van der Waals surface area contributed by atoms with E-state index in [1.807, 2.05) is 44.2 Å². The number of thiazole rings is 1. The number of fused-ring (bicyclic) bond motifs is 3. The van der Waals surface area contributed by atoms with Crippen molar-refractivity contribution in [3.05, 3.63) is 59.0 Å². The molecule has 0 radical (unpaired) electrons. The van der Waals surface area contributed by atoms with Crippen molar-refractivity contribution in [2.24, 2.45) is 0 Å². The highest BCUT2D eigenvalue weighted by atomic mass is 32.1. The van der Waals surface area contributed by atoms with Crippen molar-refractivity contribution in [3.63, 3.8) is 0 Å². The Morgan fingerprint density at radius 1 is 1.15 bits per heavy atom. The molecule has 2 aromatic heterocycles. The van der Waals surface area contributed by atoms with Gasteiger partial charge in [-0.25, -0.2) is 14.8 Å². The van der Waals surface area contributed by atoms with Crippen molar-refractivity contribution in [3.8, 4) is 16.3 Å². The molecule has 2 aromatic carbocycles. The Balaban J connectivity index is 1.26. The fraction of sp³-hybridized carbons (Fsp3) is 0.320. The lowest BCUT2D eigenvalue weighted by molar-refractivity contribution is 0.155. The number of aryl methyl sites for hydroxylation is 2. The maximum Gasteiger partial charge on any atom is 0.412 e. The molecule has 0 fully saturated rings. The highest BCUT2D eigenvalue weighted by Crippen LogP contribution is 2.37. The number of anilines is 1. The molecule has 0 aliphatic carbocycles. The molecular weight excluding hydrogens is 450 g/mol. The van der Waals surface area contributed by atoms with Crippen LogP contribution in [0.1, 0.15) is 22.6 Å². The van der Waals surface area contributed by atoms with Gasteiger partial charge in [-0.1, -0.05) is 23.5 Å². The van der Waals surface area contributed by atoms with Crippen LogP contribution in [-0.2, 0) is 24.4 Å². The zero-order chi connectivity index (χ0) is 23.8. The number of ether oxygens (including phenoxy) is 2.